The van der Waals surface area contributed by atoms with Gasteiger partial charge in [-0.1, -0.05) is 43.2 Å². The molecule has 0 saturated heterocycles. The monoisotopic (exact) mass is 349 g/mol. The third-order valence-electron chi connectivity index (χ3n) is 3.93. The largest absolute Gasteiger partial charge is 0.445 e. The van der Waals surface area contributed by atoms with E-state index >= 15 is 0 Å². The molecular weight excluding hydrogens is 326 g/mol. The second kappa shape index (κ2) is 9.03. The van der Waals surface area contributed by atoms with Gasteiger partial charge in [0, 0.05) is 0 Å². The Morgan fingerprint density at radius 1 is 1.16 bits per heavy atom. The summed E-state index contributed by atoms with van der Waals surface area (Å²) in [6.45, 7) is -0.584. The Hall–Kier alpha value is -2.61. The summed E-state index contributed by atoms with van der Waals surface area (Å²) >= 11 is 0. The van der Waals surface area contributed by atoms with Crippen molar-refractivity contribution in [1.82, 2.24) is 10.6 Å². The van der Waals surface area contributed by atoms with Gasteiger partial charge in [-0.25, -0.2) is 4.79 Å². The zero-order valence-corrected chi connectivity index (χ0v) is 13.8. The maximum Gasteiger partial charge on any atom is 0.408 e. The van der Waals surface area contributed by atoms with E-state index in [9.17, 15) is 19.5 Å². The summed E-state index contributed by atoms with van der Waals surface area (Å²) in [6, 6.07) is 7.01. The fourth-order valence-electron chi connectivity index (χ4n) is 2.31. The van der Waals surface area contributed by atoms with Crippen LogP contribution in [0.3, 0.4) is 0 Å². The van der Waals surface area contributed by atoms with Gasteiger partial charge in [0.2, 0.25) is 11.8 Å². The number of rotatable bonds is 9. The Labute approximate surface area is 145 Å². The molecule has 25 heavy (non-hydrogen) atoms. The van der Waals surface area contributed by atoms with Gasteiger partial charge >= 0.3 is 6.09 Å². The number of nitrogens with one attached hydrogen (secondary N) is 2. The third-order valence-corrected chi connectivity index (χ3v) is 3.93. The number of ether oxygens (including phenoxy) is 1. The van der Waals surface area contributed by atoms with Crippen LogP contribution in [-0.4, -0.2) is 41.7 Å². The lowest BCUT2D eigenvalue weighted by Crippen LogP contribution is -2.54. The molecule has 2 rings (SSSR count). The molecule has 3 amide bonds. The zero-order valence-electron chi connectivity index (χ0n) is 13.8. The van der Waals surface area contributed by atoms with Gasteiger partial charge in [0.25, 0.3) is 0 Å². The topological polar surface area (TPSA) is 131 Å². The van der Waals surface area contributed by atoms with Crippen LogP contribution in [0.2, 0.25) is 0 Å². The lowest BCUT2D eigenvalue weighted by atomic mass is 10.1. The quantitative estimate of drug-likeness (QED) is 0.500. The van der Waals surface area contributed by atoms with Gasteiger partial charge < -0.3 is 26.2 Å². The number of benzene rings is 1. The van der Waals surface area contributed by atoms with Gasteiger partial charge in [-0.15, -0.1) is 0 Å². The molecule has 1 fully saturated rings. The van der Waals surface area contributed by atoms with Crippen molar-refractivity contribution in [3.05, 3.63) is 35.9 Å². The summed E-state index contributed by atoms with van der Waals surface area (Å²) in [4.78, 5) is 35.4. The zero-order chi connectivity index (χ0) is 18.2. The first-order valence-corrected chi connectivity index (χ1v) is 8.17. The molecule has 1 aliphatic rings. The Kier molecular flexibility index (Phi) is 6.76. The molecule has 1 saturated carbocycles. The van der Waals surface area contributed by atoms with Gasteiger partial charge in [-0.3, -0.25) is 9.59 Å². The molecule has 0 bridgehead atoms. The summed E-state index contributed by atoms with van der Waals surface area (Å²) in [6.07, 6.45) is 1.65. The Morgan fingerprint density at radius 3 is 2.40 bits per heavy atom. The molecule has 0 aromatic heterocycles. The number of carbonyl (C=O) groups excluding carboxylic acids is 3. The number of hydrogen-bond acceptors (Lipinski definition) is 5. The van der Waals surface area contributed by atoms with Gasteiger partial charge in [0.05, 0.1) is 6.61 Å². The molecule has 1 aromatic rings. The highest BCUT2D eigenvalue weighted by molar-refractivity contribution is 5.90. The van der Waals surface area contributed by atoms with Crippen molar-refractivity contribution in [3.63, 3.8) is 0 Å². The summed E-state index contributed by atoms with van der Waals surface area (Å²) in [7, 11) is 0. The highest BCUT2D eigenvalue weighted by atomic mass is 16.5. The normalized spacial score (nSPS) is 15.7. The fourth-order valence-corrected chi connectivity index (χ4v) is 2.31. The molecule has 0 spiro atoms. The van der Waals surface area contributed by atoms with Crippen LogP contribution in [0, 0.1) is 5.92 Å². The van der Waals surface area contributed by atoms with E-state index in [2.05, 4.69) is 10.6 Å². The lowest BCUT2D eigenvalue weighted by Gasteiger charge is -2.20. The second-order valence-corrected chi connectivity index (χ2v) is 6.08. The molecule has 0 aliphatic heterocycles. The van der Waals surface area contributed by atoms with E-state index in [1.54, 1.807) is 12.1 Å². The van der Waals surface area contributed by atoms with E-state index in [0.717, 1.165) is 18.4 Å². The highest BCUT2D eigenvalue weighted by Gasteiger charge is 2.31. The molecule has 0 radical (unpaired) electrons. The van der Waals surface area contributed by atoms with Crippen LogP contribution in [0.5, 0.6) is 0 Å². The number of hydrogen-bond donors (Lipinski definition) is 4. The van der Waals surface area contributed by atoms with Crippen molar-refractivity contribution in [3.8, 4) is 0 Å². The average Bonchev–Trinajstić information content (AvgIpc) is 3.42. The first-order chi connectivity index (χ1) is 12.0. The maximum atomic E-state index is 12.2. The Bertz CT molecular complexity index is 604. The minimum Gasteiger partial charge on any atom is -0.445 e. The molecule has 0 heterocycles. The van der Waals surface area contributed by atoms with Crippen molar-refractivity contribution < 1.29 is 24.2 Å². The lowest BCUT2D eigenvalue weighted by molar-refractivity contribution is -0.129. The van der Waals surface area contributed by atoms with E-state index in [-0.39, 0.29) is 6.61 Å². The first-order valence-electron chi connectivity index (χ1n) is 8.17. The maximum absolute atomic E-state index is 12.2. The van der Waals surface area contributed by atoms with Crippen molar-refractivity contribution in [2.24, 2.45) is 11.7 Å². The molecule has 1 aromatic carbocycles. The van der Waals surface area contributed by atoms with Gasteiger partial charge in [0.1, 0.15) is 18.7 Å². The van der Waals surface area contributed by atoms with Gasteiger partial charge in [0.15, 0.2) is 0 Å². The van der Waals surface area contributed by atoms with Crippen LogP contribution in [0.25, 0.3) is 0 Å². The van der Waals surface area contributed by atoms with E-state index in [1.807, 2.05) is 18.2 Å². The fraction of sp³-hybridized carbons (Fsp3) is 0.471. The van der Waals surface area contributed by atoms with Crippen molar-refractivity contribution in [2.75, 3.05) is 6.61 Å². The predicted octanol–water partition coefficient (Wildman–Crippen LogP) is 0.0439. The molecule has 1 aliphatic carbocycles. The number of amides is 3. The third kappa shape index (κ3) is 6.42. The average molecular weight is 349 g/mol. The molecule has 0 unspecified atom stereocenters. The summed E-state index contributed by atoms with van der Waals surface area (Å²) in [5.41, 5.74) is 6.08. The van der Waals surface area contributed by atoms with Crippen LogP contribution in [-0.2, 0) is 20.9 Å². The highest BCUT2D eigenvalue weighted by Crippen LogP contribution is 2.33. The van der Waals surface area contributed by atoms with Crippen molar-refractivity contribution in [1.29, 1.82) is 0 Å². The summed E-state index contributed by atoms with van der Waals surface area (Å²) < 4.78 is 5.00. The van der Waals surface area contributed by atoms with E-state index in [4.69, 9.17) is 10.5 Å². The number of aliphatic hydroxyl groups excluding tert-OH is 1. The summed E-state index contributed by atoms with van der Waals surface area (Å²) in [5, 5.41) is 14.1. The van der Waals surface area contributed by atoms with Crippen LogP contribution in [0.1, 0.15) is 24.8 Å². The summed E-state index contributed by atoms with van der Waals surface area (Å²) in [5.74, 6) is -0.929. The van der Waals surface area contributed by atoms with Crippen LogP contribution >= 0.6 is 0 Å². The van der Waals surface area contributed by atoms with Gasteiger partial charge in [-0.2, -0.15) is 0 Å². The van der Waals surface area contributed by atoms with E-state index in [0.29, 0.717) is 12.3 Å². The standard InChI is InChI=1S/C17H23N3O5/c18-15(22)13(8-11-6-7-11)19-16(23)14(9-21)20-17(24)25-10-12-4-2-1-3-5-12/h1-5,11,13-14,21H,6-10H2,(H2,18,22)(H,19,23)(H,20,24)/t13-,14-/m0/s1. The van der Waals surface area contributed by atoms with Crippen molar-refractivity contribution >= 4 is 17.9 Å². The Morgan fingerprint density at radius 2 is 1.84 bits per heavy atom. The molecular formula is C17H23N3O5. The molecule has 136 valence electrons. The number of carbonyl (C=O) groups is 3. The van der Waals surface area contributed by atoms with Crippen LogP contribution in [0.15, 0.2) is 30.3 Å². The predicted molar refractivity (Wildman–Crippen MR) is 89.1 cm³/mol. The molecule has 2 atom stereocenters. The van der Waals surface area contributed by atoms with E-state index < -0.39 is 36.6 Å². The van der Waals surface area contributed by atoms with Gasteiger partial charge in [-0.05, 0) is 17.9 Å². The first kappa shape index (κ1) is 18.7. The van der Waals surface area contributed by atoms with Crippen LogP contribution in [0.4, 0.5) is 4.79 Å². The molecule has 8 nitrogen and oxygen atoms in total. The Balaban J connectivity index is 1.81. The minimum atomic E-state index is -1.22. The molecule has 5 N–H and O–H groups in total. The number of primary amides is 1. The number of aliphatic hydroxyl groups is 1. The van der Waals surface area contributed by atoms with Crippen LogP contribution < -0.4 is 16.4 Å². The molecule has 8 heteroatoms. The second-order valence-electron chi connectivity index (χ2n) is 6.08. The smallest absolute Gasteiger partial charge is 0.408 e. The van der Waals surface area contributed by atoms with E-state index in [1.165, 1.54) is 0 Å². The number of nitrogens with two attached hydrogens (primary N) is 1. The number of alkyl carbamates (subject to hydrolysis) is 1. The SMILES string of the molecule is NC(=O)[C@H](CC1CC1)NC(=O)[C@H](CO)NC(=O)OCc1ccccc1. The van der Waals surface area contributed by atoms with Crippen molar-refractivity contribution in [2.45, 2.75) is 38.0 Å². The minimum absolute atomic E-state index is 0.0397.